The summed E-state index contributed by atoms with van der Waals surface area (Å²) < 4.78 is 18.5. The number of rotatable bonds is 11. The third-order valence-electron chi connectivity index (χ3n) is 5.65. The predicted molar refractivity (Wildman–Crippen MR) is 158 cm³/mol. The molecule has 0 aromatic heterocycles. The van der Waals surface area contributed by atoms with Crippen LogP contribution in [0.25, 0.3) is 0 Å². The predicted octanol–water partition coefficient (Wildman–Crippen LogP) is 6.84. The number of carboxylic acids is 1. The van der Waals surface area contributed by atoms with Crippen molar-refractivity contribution in [3.63, 3.8) is 0 Å². The Morgan fingerprint density at radius 3 is 2.10 bits per heavy atom. The first-order chi connectivity index (χ1) is 19.3. The lowest BCUT2D eigenvalue weighted by Crippen LogP contribution is -2.17. The number of hydrogen-bond donors (Lipinski definition) is 2. The van der Waals surface area contributed by atoms with Crippen molar-refractivity contribution in [2.24, 2.45) is 5.10 Å². The number of aromatic carboxylic acids is 1. The molecule has 0 bridgehead atoms. The Balaban J connectivity index is 1.35. The van der Waals surface area contributed by atoms with Gasteiger partial charge < -0.3 is 19.3 Å². The summed E-state index contributed by atoms with van der Waals surface area (Å²) in [4.78, 5) is 23.7. The number of halogens is 2. The lowest BCUT2D eigenvalue weighted by molar-refractivity contribution is 0.0696. The molecular formula is C30H24Br2N2O6. The van der Waals surface area contributed by atoms with Gasteiger partial charge in [0.05, 0.1) is 27.8 Å². The zero-order valence-corrected chi connectivity index (χ0v) is 24.4. The van der Waals surface area contributed by atoms with E-state index in [-0.39, 0.29) is 12.2 Å². The van der Waals surface area contributed by atoms with Gasteiger partial charge >= 0.3 is 5.97 Å². The monoisotopic (exact) mass is 666 g/mol. The van der Waals surface area contributed by atoms with E-state index in [0.717, 1.165) is 11.1 Å². The number of benzene rings is 4. The van der Waals surface area contributed by atoms with Crippen molar-refractivity contribution < 1.29 is 28.9 Å². The highest BCUT2D eigenvalue weighted by molar-refractivity contribution is 9.11. The zero-order chi connectivity index (χ0) is 28.5. The second-order valence-corrected chi connectivity index (χ2v) is 10.2. The third-order valence-corrected chi connectivity index (χ3v) is 6.83. The Morgan fingerprint density at radius 1 is 0.825 bits per heavy atom. The van der Waals surface area contributed by atoms with Crippen LogP contribution in [-0.4, -0.2) is 30.3 Å². The number of hydrazone groups is 1. The van der Waals surface area contributed by atoms with Crippen LogP contribution in [0.3, 0.4) is 0 Å². The lowest BCUT2D eigenvalue weighted by atomic mass is 10.1. The van der Waals surface area contributed by atoms with E-state index in [9.17, 15) is 9.59 Å². The summed E-state index contributed by atoms with van der Waals surface area (Å²) in [5.74, 6) is 0.156. The molecule has 0 fully saturated rings. The van der Waals surface area contributed by atoms with Crippen molar-refractivity contribution in [2.75, 3.05) is 7.11 Å². The molecule has 10 heteroatoms. The van der Waals surface area contributed by atoms with Gasteiger partial charge in [-0.3, -0.25) is 4.79 Å². The maximum atomic E-state index is 12.7. The van der Waals surface area contributed by atoms with Crippen LogP contribution >= 0.6 is 31.9 Å². The number of hydrogen-bond acceptors (Lipinski definition) is 6. The van der Waals surface area contributed by atoms with Crippen LogP contribution in [0.2, 0.25) is 0 Å². The normalized spacial score (nSPS) is 10.8. The molecule has 0 aliphatic carbocycles. The maximum absolute atomic E-state index is 12.7. The SMILES string of the molecule is COc1cc(C(=O)N/N=C/c2cc(Br)c(OCc3ccc(C(=O)O)cc3)c(Br)c2)ccc1OCc1ccccc1. The van der Waals surface area contributed by atoms with Crippen molar-refractivity contribution in [3.8, 4) is 17.2 Å². The molecule has 0 atom stereocenters. The standard InChI is InChI=1S/C30H24Br2N2O6/c1-38-27-15-23(11-12-26(27)39-17-19-5-3-2-4-6-19)29(35)34-33-16-21-13-24(31)28(25(32)14-21)40-18-20-7-9-22(10-8-20)30(36)37/h2-16H,17-18H2,1H3,(H,34,35)(H,36,37)/b33-16+. The summed E-state index contributed by atoms with van der Waals surface area (Å²) >= 11 is 7.00. The van der Waals surface area contributed by atoms with Crippen LogP contribution in [0.5, 0.6) is 17.2 Å². The van der Waals surface area contributed by atoms with Crippen molar-refractivity contribution >= 4 is 50.0 Å². The minimum absolute atomic E-state index is 0.214. The molecule has 204 valence electrons. The van der Waals surface area contributed by atoms with Crippen LogP contribution in [0.15, 0.2) is 99.0 Å². The van der Waals surface area contributed by atoms with Crippen LogP contribution in [0.1, 0.15) is 37.4 Å². The molecule has 4 rings (SSSR count). The van der Waals surface area contributed by atoms with Gasteiger partial charge in [0.2, 0.25) is 0 Å². The molecule has 40 heavy (non-hydrogen) atoms. The molecule has 1 amide bonds. The highest BCUT2D eigenvalue weighted by Crippen LogP contribution is 2.35. The van der Waals surface area contributed by atoms with Crippen molar-refractivity contribution in [1.82, 2.24) is 5.43 Å². The first kappa shape index (κ1) is 28.8. The molecule has 4 aromatic carbocycles. The van der Waals surface area contributed by atoms with Gasteiger partial charge in [0, 0.05) is 5.56 Å². The number of methoxy groups -OCH3 is 1. The van der Waals surface area contributed by atoms with Gasteiger partial charge in [-0.05, 0) is 91.0 Å². The number of amides is 1. The molecule has 0 aliphatic rings. The molecule has 0 radical (unpaired) electrons. The fraction of sp³-hybridized carbons (Fsp3) is 0.100. The Bertz CT molecular complexity index is 1500. The van der Waals surface area contributed by atoms with Gasteiger partial charge in [0.15, 0.2) is 11.5 Å². The number of carbonyl (C=O) groups is 2. The highest BCUT2D eigenvalue weighted by atomic mass is 79.9. The topological polar surface area (TPSA) is 106 Å². The molecule has 0 saturated carbocycles. The summed E-state index contributed by atoms with van der Waals surface area (Å²) in [6.07, 6.45) is 1.51. The zero-order valence-electron chi connectivity index (χ0n) is 21.3. The molecule has 0 aliphatic heterocycles. The highest BCUT2D eigenvalue weighted by Gasteiger charge is 2.12. The summed E-state index contributed by atoms with van der Waals surface area (Å²) in [6.45, 7) is 0.627. The van der Waals surface area contributed by atoms with Crippen molar-refractivity contribution in [3.05, 3.63) is 122 Å². The fourth-order valence-corrected chi connectivity index (χ4v) is 5.04. The van der Waals surface area contributed by atoms with E-state index < -0.39 is 11.9 Å². The number of nitrogens with one attached hydrogen (secondary N) is 1. The van der Waals surface area contributed by atoms with Gasteiger partial charge in [-0.1, -0.05) is 42.5 Å². The Labute approximate surface area is 247 Å². The first-order valence-corrected chi connectivity index (χ1v) is 13.5. The van der Waals surface area contributed by atoms with Gasteiger partial charge in [0.25, 0.3) is 5.91 Å². The van der Waals surface area contributed by atoms with Crippen LogP contribution in [0.4, 0.5) is 0 Å². The molecule has 0 saturated heterocycles. The van der Waals surface area contributed by atoms with E-state index in [2.05, 4.69) is 42.4 Å². The van der Waals surface area contributed by atoms with E-state index >= 15 is 0 Å². The van der Waals surface area contributed by atoms with E-state index in [1.165, 1.54) is 25.5 Å². The molecule has 0 spiro atoms. The number of nitrogens with zero attached hydrogens (tertiary/aromatic N) is 1. The Kier molecular flexibility index (Phi) is 9.93. The number of ether oxygens (including phenoxy) is 3. The summed E-state index contributed by atoms with van der Waals surface area (Å²) in [6, 6.07) is 24.7. The first-order valence-electron chi connectivity index (χ1n) is 12.0. The molecule has 4 aromatic rings. The minimum atomic E-state index is -0.979. The molecular weight excluding hydrogens is 644 g/mol. The van der Waals surface area contributed by atoms with Gasteiger partial charge in [-0.15, -0.1) is 0 Å². The van der Waals surface area contributed by atoms with Crippen molar-refractivity contribution in [1.29, 1.82) is 0 Å². The Hall–Kier alpha value is -4.15. The summed E-state index contributed by atoms with van der Waals surface area (Å²) in [5.41, 5.74) is 5.65. The quantitative estimate of drug-likeness (QED) is 0.134. The second-order valence-electron chi connectivity index (χ2n) is 8.44. The molecule has 0 unspecified atom stereocenters. The van der Waals surface area contributed by atoms with E-state index in [4.69, 9.17) is 19.3 Å². The van der Waals surface area contributed by atoms with Crippen LogP contribution in [-0.2, 0) is 13.2 Å². The van der Waals surface area contributed by atoms with Gasteiger partial charge in [0.1, 0.15) is 19.0 Å². The van der Waals surface area contributed by atoms with E-state index in [1.807, 2.05) is 30.3 Å². The van der Waals surface area contributed by atoms with E-state index in [0.29, 0.717) is 43.9 Å². The van der Waals surface area contributed by atoms with E-state index in [1.54, 1.807) is 42.5 Å². The van der Waals surface area contributed by atoms with Crippen molar-refractivity contribution in [2.45, 2.75) is 13.2 Å². The number of carbonyl (C=O) groups excluding carboxylic acids is 1. The number of carboxylic acid groups (broad SMARTS) is 1. The summed E-state index contributed by atoms with van der Waals surface area (Å²) in [5, 5.41) is 13.1. The third kappa shape index (κ3) is 7.71. The van der Waals surface area contributed by atoms with Crippen LogP contribution in [0, 0.1) is 0 Å². The molecule has 0 heterocycles. The van der Waals surface area contributed by atoms with Gasteiger partial charge in [-0.25, -0.2) is 10.2 Å². The van der Waals surface area contributed by atoms with Crippen LogP contribution < -0.4 is 19.6 Å². The second kappa shape index (κ2) is 13.8. The van der Waals surface area contributed by atoms with Gasteiger partial charge in [-0.2, -0.15) is 5.10 Å². The molecule has 2 N–H and O–H groups in total. The Morgan fingerprint density at radius 2 is 1.45 bits per heavy atom. The average Bonchev–Trinajstić information content (AvgIpc) is 2.96. The smallest absolute Gasteiger partial charge is 0.335 e. The fourth-order valence-electron chi connectivity index (χ4n) is 3.58. The lowest BCUT2D eigenvalue weighted by Gasteiger charge is -2.12. The largest absolute Gasteiger partial charge is 0.493 e. The summed E-state index contributed by atoms with van der Waals surface area (Å²) in [7, 11) is 1.52. The minimum Gasteiger partial charge on any atom is -0.493 e. The maximum Gasteiger partial charge on any atom is 0.335 e. The average molecular weight is 668 g/mol. The molecule has 8 nitrogen and oxygen atoms in total.